The molecule has 0 aromatic rings. The minimum absolute atomic E-state index is 0.0717. The summed E-state index contributed by atoms with van der Waals surface area (Å²) in [6.07, 6.45) is 59.0. The maximum Gasteiger partial charge on any atom is 0.472 e. The first-order valence-electron chi connectivity index (χ1n) is 27.4. The van der Waals surface area contributed by atoms with Gasteiger partial charge in [-0.1, -0.05) is 237 Å². The van der Waals surface area contributed by atoms with E-state index in [0.29, 0.717) is 23.9 Å². The van der Waals surface area contributed by atoms with E-state index in [1.54, 1.807) is 0 Å². The molecule has 0 saturated carbocycles. The summed E-state index contributed by atoms with van der Waals surface area (Å²) >= 11 is 0. The molecule has 3 unspecified atom stereocenters. The highest BCUT2D eigenvalue weighted by atomic mass is 31.2. The topological polar surface area (TPSA) is 105 Å². The molecule has 0 spiro atoms. The largest absolute Gasteiger partial charge is 0.472 e. The Bertz CT molecular complexity index is 1140. The van der Waals surface area contributed by atoms with Crippen molar-refractivity contribution >= 4 is 13.7 Å². The van der Waals surface area contributed by atoms with Crippen molar-refractivity contribution in [3.05, 3.63) is 36.5 Å². The number of carbonyl (C=O) groups is 1. The number of hydrogen-bond acceptors (Lipinski definition) is 5. The molecule has 0 aromatic carbocycles. The highest BCUT2D eigenvalue weighted by Gasteiger charge is 2.28. The number of allylic oxidation sites excluding steroid dienone is 6. The molecular weight excluding hydrogens is 816 g/mol. The summed E-state index contributed by atoms with van der Waals surface area (Å²) in [5.41, 5.74) is 0. The number of phosphoric ester groups is 1. The molecule has 0 aromatic heterocycles. The van der Waals surface area contributed by atoms with Gasteiger partial charge in [0.05, 0.1) is 39.9 Å². The fourth-order valence-corrected chi connectivity index (χ4v) is 8.79. The average molecular weight is 924 g/mol. The van der Waals surface area contributed by atoms with Gasteiger partial charge in [-0.15, -0.1) is 0 Å². The minimum atomic E-state index is -4.33. The van der Waals surface area contributed by atoms with Crippen molar-refractivity contribution in [3.63, 3.8) is 0 Å². The number of nitrogens with one attached hydrogen (secondary N) is 1. The molecule has 0 fully saturated rings. The zero-order valence-corrected chi connectivity index (χ0v) is 43.9. The number of unbranched alkanes of at least 4 members (excludes halogenated alkanes) is 31. The molecule has 8 nitrogen and oxygen atoms in total. The van der Waals surface area contributed by atoms with Crippen LogP contribution in [0.2, 0.25) is 0 Å². The number of carbonyl (C=O) groups excluding carboxylic acids is 1. The number of quaternary nitrogens is 1. The van der Waals surface area contributed by atoms with Gasteiger partial charge in [-0.25, -0.2) is 4.57 Å². The Hall–Kier alpha value is -1.28. The second-order valence-electron chi connectivity index (χ2n) is 20.0. The van der Waals surface area contributed by atoms with E-state index >= 15 is 0 Å². The van der Waals surface area contributed by atoms with Crippen LogP contribution in [0.15, 0.2) is 36.5 Å². The van der Waals surface area contributed by atoms with E-state index in [2.05, 4.69) is 55.6 Å². The zero-order valence-electron chi connectivity index (χ0n) is 43.0. The van der Waals surface area contributed by atoms with Crippen molar-refractivity contribution in [3.8, 4) is 0 Å². The number of hydrogen-bond donors (Lipinski definition) is 3. The lowest BCUT2D eigenvalue weighted by Crippen LogP contribution is -2.46. The van der Waals surface area contributed by atoms with E-state index in [0.717, 1.165) is 64.2 Å². The maximum atomic E-state index is 13.0. The van der Waals surface area contributed by atoms with Gasteiger partial charge in [0, 0.05) is 6.42 Å². The number of aliphatic hydroxyl groups excluding tert-OH is 1. The van der Waals surface area contributed by atoms with Crippen molar-refractivity contribution in [2.45, 2.75) is 270 Å². The third-order valence-electron chi connectivity index (χ3n) is 12.4. The number of aliphatic hydroxyl groups is 1. The number of likely N-dealkylation sites (N-methyl/N-ethyl adjacent to an activating group) is 1. The molecule has 3 N–H and O–H groups in total. The minimum Gasteiger partial charge on any atom is -0.391 e. The smallest absolute Gasteiger partial charge is 0.391 e. The standard InChI is InChI=1S/C55H107N2O6P/c1-6-8-10-12-14-16-18-20-22-24-26-27-28-29-31-32-34-36-38-40-42-44-46-48-54(58)53(52-63-64(60,61)62-51-50-57(3,4)5)56-55(59)49-47-45-43-41-39-37-35-33-30-25-23-21-19-17-15-13-11-9-7-2/h15,17,21,23,30,33,53-54,58H,6-14,16,18-20,22,24-29,31-32,34-52H2,1-5H3,(H-,56,59,60,61)/p+1/b17-15-,23-21-,33-30-. The first kappa shape index (κ1) is 62.7. The van der Waals surface area contributed by atoms with Gasteiger partial charge in [0.2, 0.25) is 5.91 Å². The predicted octanol–water partition coefficient (Wildman–Crippen LogP) is 16.2. The Morgan fingerprint density at radius 1 is 0.531 bits per heavy atom. The van der Waals surface area contributed by atoms with Crippen LogP contribution >= 0.6 is 7.82 Å². The van der Waals surface area contributed by atoms with Crippen LogP contribution in [0.5, 0.6) is 0 Å². The van der Waals surface area contributed by atoms with Gasteiger partial charge in [-0.2, -0.15) is 0 Å². The summed E-state index contributed by atoms with van der Waals surface area (Å²) < 4.78 is 23.7. The van der Waals surface area contributed by atoms with E-state index in [4.69, 9.17) is 9.05 Å². The molecule has 0 rings (SSSR count). The number of rotatable bonds is 50. The summed E-state index contributed by atoms with van der Waals surface area (Å²) in [6.45, 7) is 4.88. The molecule has 0 aliphatic heterocycles. The molecule has 0 aliphatic carbocycles. The molecule has 1 amide bonds. The lowest BCUT2D eigenvalue weighted by atomic mass is 10.0. The van der Waals surface area contributed by atoms with Crippen molar-refractivity contribution in [1.82, 2.24) is 5.32 Å². The number of nitrogens with zero attached hydrogens (tertiary/aromatic N) is 1. The predicted molar refractivity (Wildman–Crippen MR) is 277 cm³/mol. The summed E-state index contributed by atoms with van der Waals surface area (Å²) in [6, 6.07) is -0.768. The van der Waals surface area contributed by atoms with Crippen LogP contribution in [0.1, 0.15) is 258 Å². The summed E-state index contributed by atoms with van der Waals surface area (Å²) in [7, 11) is 1.61. The van der Waals surface area contributed by atoms with Crippen LogP contribution < -0.4 is 5.32 Å². The monoisotopic (exact) mass is 924 g/mol. The first-order valence-corrected chi connectivity index (χ1v) is 28.8. The first-order chi connectivity index (χ1) is 31.0. The summed E-state index contributed by atoms with van der Waals surface area (Å²) in [5.74, 6) is -0.155. The second kappa shape index (κ2) is 46.8. The normalized spacial score (nSPS) is 14.3. The highest BCUT2D eigenvalue weighted by Crippen LogP contribution is 2.43. The van der Waals surface area contributed by atoms with E-state index in [1.807, 2.05) is 21.1 Å². The van der Waals surface area contributed by atoms with Gasteiger partial charge in [0.1, 0.15) is 13.2 Å². The van der Waals surface area contributed by atoms with Gasteiger partial charge in [-0.05, 0) is 51.4 Å². The quantitative estimate of drug-likeness (QED) is 0.0243. The fourth-order valence-electron chi connectivity index (χ4n) is 8.05. The van der Waals surface area contributed by atoms with E-state index in [9.17, 15) is 19.4 Å². The Morgan fingerprint density at radius 3 is 1.33 bits per heavy atom. The Balaban J connectivity index is 4.23. The molecule has 0 bridgehead atoms. The van der Waals surface area contributed by atoms with Crippen molar-refractivity contribution in [1.29, 1.82) is 0 Å². The molecule has 0 saturated heterocycles. The molecule has 0 heterocycles. The third kappa shape index (κ3) is 48.6. The molecule has 3 atom stereocenters. The molecule has 0 radical (unpaired) electrons. The molecule has 64 heavy (non-hydrogen) atoms. The van der Waals surface area contributed by atoms with Gasteiger partial charge in [0.15, 0.2) is 0 Å². The average Bonchev–Trinajstić information content (AvgIpc) is 3.25. The molecule has 0 aliphatic rings. The number of phosphoric acid groups is 1. The molecule has 9 heteroatoms. The van der Waals surface area contributed by atoms with Gasteiger partial charge in [-0.3, -0.25) is 13.8 Å². The van der Waals surface area contributed by atoms with Crippen LogP contribution in [0.4, 0.5) is 0 Å². The van der Waals surface area contributed by atoms with Crippen LogP contribution in [0.25, 0.3) is 0 Å². The van der Waals surface area contributed by atoms with Crippen LogP contribution in [-0.4, -0.2) is 73.4 Å². The summed E-state index contributed by atoms with van der Waals surface area (Å²) in [4.78, 5) is 23.3. The van der Waals surface area contributed by atoms with Crippen LogP contribution in [-0.2, 0) is 18.4 Å². The van der Waals surface area contributed by atoms with Gasteiger partial charge < -0.3 is 19.8 Å². The molecular formula is C55H108N2O6P+. The molecule has 378 valence electrons. The van der Waals surface area contributed by atoms with E-state index < -0.39 is 20.0 Å². The van der Waals surface area contributed by atoms with E-state index in [1.165, 1.54) is 167 Å². The van der Waals surface area contributed by atoms with Crippen molar-refractivity contribution < 1.29 is 32.9 Å². The lowest BCUT2D eigenvalue weighted by Gasteiger charge is -2.26. The maximum absolute atomic E-state index is 13.0. The van der Waals surface area contributed by atoms with Gasteiger partial charge >= 0.3 is 7.82 Å². The van der Waals surface area contributed by atoms with Crippen molar-refractivity contribution in [2.24, 2.45) is 0 Å². The fraction of sp³-hybridized carbons (Fsp3) is 0.873. The Morgan fingerprint density at radius 2 is 0.891 bits per heavy atom. The Labute approximate surface area is 397 Å². The van der Waals surface area contributed by atoms with Gasteiger partial charge in [0.25, 0.3) is 0 Å². The van der Waals surface area contributed by atoms with Crippen molar-refractivity contribution in [2.75, 3.05) is 40.9 Å². The van der Waals surface area contributed by atoms with Crippen LogP contribution in [0.3, 0.4) is 0 Å². The third-order valence-corrected chi connectivity index (χ3v) is 13.4. The number of amides is 1. The van der Waals surface area contributed by atoms with Crippen LogP contribution in [0, 0.1) is 0 Å². The summed E-state index contributed by atoms with van der Waals surface area (Å²) in [5, 5.41) is 14.0. The lowest BCUT2D eigenvalue weighted by molar-refractivity contribution is -0.870. The highest BCUT2D eigenvalue weighted by molar-refractivity contribution is 7.47. The Kier molecular flexibility index (Phi) is 45.9. The SMILES string of the molecule is CCCCC/C=C\C/C=C\C/C=C\CCCCCCCCC(=O)NC(COP(=O)(O)OCC[N+](C)(C)C)C(O)CCCCCCCCCCCCCCCCCCCCCCCCC. The second-order valence-corrected chi connectivity index (χ2v) is 21.4. The zero-order chi connectivity index (χ0) is 47.1. The van der Waals surface area contributed by atoms with E-state index in [-0.39, 0.29) is 19.1 Å².